The molecule has 1 saturated heterocycles. The van der Waals surface area contributed by atoms with E-state index in [-0.39, 0.29) is 6.03 Å². The fourth-order valence-corrected chi connectivity index (χ4v) is 2.86. The van der Waals surface area contributed by atoms with Gasteiger partial charge in [-0.1, -0.05) is 12.8 Å². The number of urea groups is 1. The minimum atomic E-state index is -0.938. The Morgan fingerprint density at radius 1 is 1.47 bits per heavy atom. The van der Waals surface area contributed by atoms with Gasteiger partial charge < -0.3 is 10.0 Å². The van der Waals surface area contributed by atoms with E-state index in [0.717, 1.165) is 25.0 Å². The zero-order chi connectivity index (χ0) is 13.8. The van der Waals surface area contributed by atoms with Gasteiger partial charge in [-0.25, -0.2) is 14.6 Å². The fraction of sp³-hybridized carbons (Fsp3) is 0.583. The van der Waals surface area contributed by atoms with Crippen molar-refractivity contribution in [3.05, 3.63) is 11.1 Å². The van der Waals surface area contributed by atoms with Crippen LogP contribution in [0.1, 0.15) is 31.4 Å². The zero-order valence-electron chi connectivity index (χ0n) is 10.8. The fourth-order valence-electron chi connectivity index (χ4n) is 2.18. The van der Waals surface area contributed by atoms with Crippen molar-refractivity contribution in [2.24, 2.45) is 0 Å². The summed E-state index contributed by atoms with van der Waals surface area (Å²) >= 11 is 1.34. The molecule has 7 heteroatoms. The van der Waals surface area contributed by atoms with E-state index in [1.165, 1.54) is 16.2 Å². The van der Waals surface area contributed by atoms with Crippen molar-refractivity contribution in [2.75, 3.05) is 11.9 Å². The molecule has 2 heterocycles. The Hall–Kier alpha value is -1.63. The number of likely N-dealkylation sites (tertiary alicyclic amines) is 1. The highest BCUT2D eigenvalue weighted by Crippen LogP contribution is 2.20. The maximum atomic E-state index is 12.2. The van der Waals surface area contributed by atoms with Gasteiger partial charge in [-0.2, -0.15) is 0 Å². The minimum absolute atomic E-state index is 0.372. The summed E-state index contributed by atoms with van der Waals surface area (Å²) in [6, 6.07) is -1.10. The number of rotatable bonds is 2. The summed E-state index contributed by atoms with van der Waals surface area (Å²) in [5.74, 6) is -0.938. The van der Waals surface area contributed by atoms with Crippen LogP contribution in [0.25, 0.3) is 0 Å². The molecule has 0 aromatic carbocycles. The Morgan fingerprint density at radius 3 is 2.89 bits per heavy atom. The van der Waals surface area contributed by atoms with Crippen molar-refractivity contribution in [3.63, 3.8) is 0 Å². The normalized spacial score (nSPS) is 19.8. The van der Waals surface area contributed by atoms with Crippen molar-refractivity contribution in [2.45, 2.75) is 38.6 Å². The number of thiazole rings is 1. The van der Waals surface area contributed by atoms with Gasteiger partial charge in [-0.15, -0.1) is 11.3 Å². The molecule has 2 rings (SSSR count). The molecule has 2 amide bonds. The van der Waals surface area contributed by atoms with E-state index in [0.29, 0.717) is 18.1 Å². The van der Waals surface area contributed by atoms with Crippen LogP contribution < -0.4 is 5.32 Å². The molecule has 19 heavy (non-hydrogen) atoms. The Bertz CT molecular complexity index is 475. The second-order valence-corrected chi connectivity index (χ2v) is 5.48. The third-order valence-electron chi connectivity index (χ3n) is 3.13. The third-order valence-corrected chi connectivity index (χ3v) is 4.01. The first-order valence-corrected chi connectivity index (χ1v) is 7.18. The number of aliphatic carboxylic acids is 1. The molecule has 0 saturated carbocycles. The van der Waals surface area contributed by atoms with Gasteiger partial charge in [0.05, 0.1) is 5.69 Å². The molecule has 0 spiro atoms. The van der Waals surface area contributed by atoms with Crippen molar-refractivity contribution < 1.29 is 14.7 Å². The lowest BCUT2D eigenvalue weighted by Crippen LogP contribution is -2.46. The summed E-state index contributed by atoms with van der Waals surface area (Å²) in [6.07, 6.45) is 3.16. The molecular formula is C12H17N3O3S. The van der Waals surface area contributed by atoms with Crippen LogP contribution in [-0.4, -0.2) is 39.6 Å². The highest BCUT2D eigenvalue weighted by molar-refractivity contribution is 7.13. The molecule has 1 unspecified atom stereocenters. The lowest BCUT2D eigenvalue weighted by Gasteiger charge is -2.26. The Labute approximate surface area is 115 Å². The quantitative estimate of drug-likeness (QED) is 0.872. The molecule has 1 aromatic heterocycles. The summed E-state index contributed by atoms with van der Waals surface area (Å²) in [5.41, 5.74) is 0.839. The number of hydrogen-bond donors (Lipinski definition) is 2. The molecule has 1 fully saturated rings. The van der Waals surface area contributed by atoms with E-state index in [2.05, 4.69) is 10.3 Å². The zero-order valence-corrected chi connectivity index (χ0v) is 11.6. The molecule has 0 aliphatic carbocycles. The van der Waals surface area contributed by atoms with Gasteiger partial charge in [0.25, 0.3) is 0 Å². The first kappa shape index (κ1) is 13.8. The van der Waals surface area contributed by atoms with Crippen molar-refractivity contribution in [1.82, 2.24) is 9.88 Å². The summed E-state index contributed by atoms with van der Waals surface area (Å²) in [6.45, 7) is 2.32. The first-order valence-electron chi connectivity index (χ1n) is 6.30. The maximum Gasteiger partial charge on any atom is 0.326 e. The first-order chi connectivity index (χ1) is 9.08. The van der Waals surface area contributed by atoms with Crippen LogP contribution in [0.5, 0.6) is 0 Å². The monoisotopic (exact) mass is 283 g/mol. The second-order valence-electron chi connectivity index (χ2n) is 4.62. The number of carbonyl (C=O) groups is 2. The number of carboxylic acid groups (broad SMARTS) is 1. The number of aryl methyl sites for hydroxylation is 1. The SMILES string of the molecule is Cc1csc(NC(=O)N2CCCCCC2C(=O)O)n1. The van der Waals surface area contributed by atoms with Crippen LogP contribution in [0, 0.1) is 6.92 Å². The summed E-state index contributed by atoms with van der Waals surface area (Å²) in [7, 11) is 0. The molecule has 0 bridgehead atoms. The largest absolute Gasteiger partial charge is 0.480 e. The number of anilines is 1. The number of aromatic nitrogens is 1. The van der Waals surface area contributed by atoms with E-state index in [1.807, 2.05) is 12.3 Å². The highest BCUT2D eigenvalue weighted by atomic mass is 32.1. The molecular weight excluding hydrogens is 266 g/mol. The molecule has 1 atom stereocenters. The standard InChI is InChI=1S/C12H17N3O3S/c1-8-7-19-11(13-8)14-12(18)15-6-4-2-3-5-9(15)10(16)17/h7,9H,2-6H2,1H3,(H,16,17)(H,13,14,18). The van der Waals surface area contributed by atoms with Crippen LogP contribution in [0.15, 0.2) is 5.38 Å². The average Bonchev–Trinajstić information content (AvgIpc) is 2.65. The van der Waals surface area contributed by atoms with Gasteiger partial charge in [0, 0.05) is 11.9 Å². The molecule has 1 aliphatic rings. The van der Waals surface area contributed by atoms with Crippen LogP contribution in [0.2, 0.25) is 0 Å². The number of nitrogens with zero attached hydrogens (tertiary/aromatic N) is 2. The number of nitrogens with one attached hydrogen (secondary N) is 1. The van der Waals surface area contributed by atoms with Gasteiger partial charge >= 0.3 is 12.0 Å². The average molecular weight is 283 g/mol. The van der Waals surface area contributed by atoms with Gasteiger partial charge in [0.1, 0.15) is 6.04 Å². The lowest BCUT2D eigenvalue weighted by atomic mass is 10.1. The Morgan fingerprint density at radius 2 is 2.26 bits per heavy atom. The topological polar surface area (TPSA) is 82.5 Å². The van der Waals surface area contributed by atoms with Crippen LogP contribution in [0.3, 0.4) is 0 Å². The van der Waals surface area contributed by atoms with Gasteiger partial charge in [-0.3, -0.25) is 5.32 Å². The van der Waals surface area contributed by atoms with Gasteiger partial charge in [0.15, 0.2) is 5.13 Å². The number of carbonyl (C=O) groups excluding carboxylic acids is 1. The van der Waals surface area contributed by atoms with Gasteiger partial charge in [0.2, 0.25) is 0 Å². The van der Waals surface area contributed by atoms with Crippen LogP contribution in [-0.2, 0) is 4.79 Å². The molecule has 1 aliphatic heterocycles. The molecule has 1 aromatic rings. The maximum absolute atomic E-state index is 12.2. The Kier molecular flexibility index (Phi) is 4.36. The van der Waals surface area contributed by atoms with Gasteiger partial charge in [-0.05, 0) is 19.8 Å². The molecule has 2 N–H and O–H groups in total. The van der Waals surface area contributed by atoms with E-state index < -0.39 is 12.0 Å². The predicted molar refractivity (Wildman–Crippen MR) is 72.5 cm³/mol. The minimum Gasteiger partial charge on any atom is -0.480 e. The molecule has 6 nitrogen and oxygen atoms in total. The van der Waals surface area contributed by atoms with Crippen molar-refractivity contribution >= 4 is 28.5 Å². The van der Waals surface area contributed by atoms with E-state index >= 15 is 0 Å². The van der Waals surface area contributed by atoms with E-state index in [4.69, 9.17) is 0 Å². The lowest BCUT2D eigenvalue weighted by molar-refractivity contribution is -0.142. The summed E-state index contributed by atoms with van der Waals surface area (Å²) in [5, 5.41) is 14.2. The molecule has 104 valence electrons. The summed E-state index contributed by atoms with van der Waals surface area (Å²) < 4.78 is 0. The number of amides is 2. The third kappa shape index (κ3) is 3.44. The van der Waals surface area contributed by atoms with Crippen LogP contribution in [0.4, 0.5) is 9.93 Å². The second kappa shape index (κ2) is 6.01. The van der Waals surface area contributed by atoms with Crippen molar-refractivity contribution in [3.8, 4) is 0 Å². The van der Waals surface area contributed by atoms with Crippen LogP contribution >= 0.6 is 11.3 Å². The number of hydrogen-bond acceptors (Lipinski definition) is 4. The van der Waals surface area contributed by atoms with E-state index in [9.17, 15) is 14.7 Å². The summed E-state index contributed by atoms with van der Waals surface area (Å²) in [4.78, 5) is 29.0. The number of carboxylic acids is 1. The molecule has 0 radical (unpaired) electrons. The Balaban J connectivity index is 2.08. The van der Waals surface area contributed by atoms with E-state index in [1.54, 1.807) is 0 Å². The highest BCUT2D eigenvalue weighted by Gasteiger charge is 2.31. The predicted octanol–water partition coefficient (Wildman–Crippen LogP) is 2.31. The smallest absolute Gasteiger partial charge is 0.326 e. The van der Waals surface area contributed by atoms with Crippen molar-refractivity contribution in [1.29, 1.82) is 0 Å².